The van der Waals surface area contributed by atoms with Crippen LogP contribution in [0.5, 0.6) is 5.75 Å². The molecule has 1 N–H and O–H groups in total. The van der Waals surface area contributed by atoms with Crippen LogP contribution in [0.4, 0.5) is 5.69 Å². The van der Waals surface area contributed by atoms with E-state index < -0.39 is 0 Å². The Morgan fingerprint density at radius 1 is 1.14 bits per heavy atom. The van der Waals surface area contributed by atoms with Crippen LogP contribution in [0.3, 0.4) is 0 Å². The smallest absolute Gasteiger partial charge is 0.255 e. The number of nitrogens with one attached hydrogen (secondary N) is 1. The van der Waals surface area contributed by atoms with Crippen LogP contribution < -0.4 is 10.1 Å². The maximum absolute atomic E-state index is 12.8. The number of carbonyl (C=O) groups is 2. The third kappa shape index (κ3) is 4.51. The monoisotopic (exact) mass is 394 g/mol. The lowest BCUT2D eigenvalue weighted by molar-refractivity contribution is 0.0984. The van der Waals surface area contributed by atoms with E-state index in [1.165, 1.54) is 11.1 Å². The molecule has 0 fully saturated rings. The third-order valence-electron chi connectivity index (χ3n) is 5.36. The second kappa shape index (κ2) is 8.37. The van der Waals surface area contributed by atoms with Crippen molar-refractivity contribution in [2.75, 3.05) is 25.5 Å². The minimum Gasteiger partial charge on any atom is -0.493 e. The molecule has 1 amide bonds. The van der Waals surface area contributed by atoms with Gasteiger partial charge in [0.2, 0.25) is 0 Å². The summed E-state index contributed by atoms with van der Waals surface area (Å²) in [4.78, 5) is 27.4. The predicted octanol–water partition coefficient (Wildman–Crippen LogP) is 4.65. The van der Waals surface area contributed by atoms with Gasteiger partial charge in [-0.05, 0) is 55.4 Å². The molecule has 154 valence electrons. The summed E-state index contributed by atoms with van der Waals surface area (Å²) < 4.78 is 5.55. The molecule has 5 nitrogen and oxygen atoms in total. The lowest BCUT2D eigenvalue weighted by atomic mass is 9.78. The van der Waals surface area contributed by atoms with Crippen molar-refractivity contribution in [3.63, 3.8) is 0 Å². The van der Waals surface area contributed by atoms with Crippen molar-refractivity contribution >= 4 is 17.4 Å². The molecule has 0 spiro atoms. The predicted molar refractivity (Wildman–Crippen MR) is 116 cm³/mol. The molecular formula is C24H30N2O3. The van der Waals surface area contributed by atoms with Gasteiger partial charge >= 0.3 is 0 Å². The number of Topliss-reactive ketones (excluding diaryl/α,β-unsaturated/α-hetero) is 1. The van der Waals surface area contributed by atoms with E-state index in [1.54, 1.807) is 25.1 Å². The van der Waals surface area contributed by atoms with Crippen LogP contribution >= 0.6 is 0 Å². The average Bonchev–Trinajstić information content (AvgIpc) is 2.66. The van der Waals surface area contributed by atoms with E-state index >= 15 is 0 Å². The van der Waals surface area contributed by atoms with E-state index in [0.29, 0.717) is 29.9 Å². The fourth-order valence-corrected chi connectivity index (χ4v) is 4.13. The quantitative estimate of drug-likeness (QED) is 0.725. The van der Waals surface area contributed by atoms with Crippen LogP contribution in [0.2, 0.25) is 0 Å². The van der Waals surface area contributed by atoms with Crippen molar-refractivity contribution < 1.29 is 14.3 Å². The number of fused-ring (bicyclic) bond motifs is 1. The molecule has 2 aromatic rings. The summed E-state index contributed by atoms with van der Waals surface area (Å²) in [7, 11) is 2.11. The minimum atomic E-state index is -0.235. The third-order valence-corrected chi connectivity index (χ3v) is 5.36. The summed E-state index contributed by atoms with van der Waals surface area (Å²) in [5.74, 6) is 0.249. The van der Waals surface area contributed by atoms with Gasteiger partial charge in [0.25, 0.3) is 5.91 Å². The van der Waals surface area contributed by atoms with Gasteiger partial charge in [-0.2, -0.15) is 0 Å². The lowest BCUT2D eigenvalue weighted by Crippen LogP contribution is -2.39. The molecule has 5 heteroatoms. The Morgan fingerprint density at radius 2 is 1.90 bits per heavy atom. The molecule has 0 bridgehead atoms. The molecule has 1 aliphatic rings. The molecule has 1 heterocycles. The number of carbonyl (C=O) groups excluding carboxylic acids is 2. The number of anilines is 1. The van der Waals surface area contributed by atoms with Crippen LogP contribution in [-0.4, -0.2) is 36.8 Å². The normalized spacial score (nSPS) is 15.5. The van der Waals surface area contributed by atoms with Crippen LogP contribution in [0.25, 0.3) is 0 Å². The van der Waals surface area contributed by atoms with Crippen LogP contribution in [0, 0.1) is 0 Å². The Labute approximate surface area is 173 Å². The maximum Gasteiger partial charge on any atom is 0.255 e. The standard InChI is InChI=1S/C24H30N2O3/c1-6-21(27)19-13-16(8-11-22(19)29-7-2)23(28)25-18-9-10-20-17(12-18)14-26(5)15-24(20,3)4/h8-13H,6-7,14-15H2,1-5H3,(H,25,28). The average molecular weight is 395 g/mol. The number of hydrogen-bond donors (Lipinski definition) is 1. The highest BCUT2D eigenvalue weighted by atomic mass is 16.5. The highest BCUT2D eigenvalue weighted by Gasteiger charge is 2.30. The first-order chi connectivity index (χ1) is 13.7. The van der Waals surface area contributed by atoms with Gasteiger partial charge in [-0.25, -0.2) is 0 Å². The maximum atomic E-state index is 12.8. The first-order valence-corrected chi connectivity index (χ1v) is 10.2. The van der Waals surface area contributed by atoms with Crippen molar-refractivity contribution in [2.24, 2.45) is 0 Å². The molecule has 3 rings (SSSR count). The summed E-state index contributed by atoms with van der Waals surface area (Å²) in [6.07, 6.45) is 0.360. The molecule has 0 aromatic heterocycles. The molecule has 0 unspecified atom stereocenters. The van der Waals surface area contributed by atoms with Crippen molar-refractivity contribution in [3.8, 4) is 5.75 Å². The van der Waals surface area contributed by atoms with Gasteiger partial charge in [-0.1, -0.05) is 26.8 Å². The van der Waals surface area contributed by atoms with Gasteiger partial charge in [0, 0.05) is 36.2 Å². The van der Waals surface area contributed by atoms with Gasteiger partial charge in [-0.15, -0.1) is 0 Å². The van der Waals surface area contributed by atoms with Crippen molar-refractivity contribution in [2.45, 2.75) is 46.1 Å². The van der Waals surface area contributed by atoms with Crippen molar-refractivity contribution in [3.05, 3.63) is 58.7 Å². The van der Waals surface area contributed by atoms with Crippen molar-refractivity contribution in [1.29, 1.82) is 0 Å². The fourth-order valence-electron chi connectivity index (χ4n) is 4.13. The molecule has 0 atom stereocenters. The zero-order valence-corrected chi connectivity index (χ0v) is 18.0. The second-order valence-electron chi connectivity index (χ2n) is 8.30. The number of likely N-dealkylation sites (N-methyl/N-ethyl adjacent to an activating group) is 1. The number of benzene rings is 2. The first kappa shape index (κ1) is 21.1. The molecule has 0 saturated heterocycles. The number of rotatable bonds is 6. The van der Waals surface area contributed by atoms with E-state index in [-0.39, 0.29) is 17.1 Å². The topological polar surface area (TPSA) is 58.6 Å². The molecule has 2 aromatic carbocycles. The highest BCUT2D eigenvalue weighted by Crippen LogP contribution is 2.34. The zero-order chi connectivity index (χ0) is 21.2. The molecule has 0 radical (unpaired) electrons. The van der Waals surface area contributed by atoms with Gasteiger partial charge < -0.3 is 15.0 Å². The van der Waals surface area contributed by atoms with Gasteiger partial charge in [0.15, 0.2) is 5.78 Å². The van der Waals surface area contributed by atoms with Gasteiger partial charge in [-0.3, -0.25) is 9.59 Å². The van der Waals surface area contributed by atoms with Crippen LogP contribution in [-0.2, 0) is 12.0 Å². The molecule has 29 heavy (non-hydrogen) atoms. The van der Waals surface area contributed by atoms with E-state index in [9.17, 15) is 9.59 Å². The molecule has 0 saturated carbocycles. The lowest BCUT2D eigenvalue weighted by Gasteiger charge is -2.38. The fraction of sp³-hybridized carbons (Fsp3) is 0.417. The number of ether oxygens (including phenoxy) is 1. The summed E-state index contributed by atoms with van der Waals surface area (Å²) in [5.41, 5.74) is 4.30. The number of amides is 1. The second-order valence-corrected chi connectivity index (χ2v) is 8.30. The molecular weight excluding hydrogens is 364 g/mol. The Morgan fingerprint density at radius 3 is 2.59 bits per heavy atom. The zero-order valence-electron chi connectivity index (χ0n) is 18.0. The van der Waals surface area contributed by atoms with E-state index in [0.717, 1.165) is 18.8 Å². The van der Waals surface area contributed by atoms with E-state index in [2.05, 4.69) is 43.2 Å². The summed E-state index contributed by atoms with van der Waals surface area (Å²) in [6, 6.07) is 11.1. The summed E-state index contributed by atoms with van der Waals surface area (Å²) >= 11 is 0. The van der Waals surface area contributed by atoms with E-state index in [4.69, 9.17) is 4.74 Å². The van der Waals surface area contributed by atoms with E-state index in [1.807, 2.05) is 13.0 Å². The largest absolute Gasteiger partial charge is 0.493 e. The minimum absolute atomic E-state index is 0.0397. The number of ketones is 1. The highest BCUT2D eigenvalue weighted by molar-refractivity contribution is 6.07. The van der Waals surface area contributed by atoms with Crippen LogP contribution in [0.15, 0.2) is 36.4 Å². The van der Waals surface area contributed by atoms with Gasteiger partial charge in [0.1, 0.15) is 5.75 Å². The van der Waals surface area contributed by atoms with Gasteiger partial charge in [0.05, 0.1) is 12.2 Å². The van der Waals surface area contributed by atoms with Crippen LogP contribution in [0.1, 0.15) is 66.0 Å². The Kier molecular flexibility index (Phi) is 6.08. The SMILES string of the molecule is CCOc1ccc(C(=O)Nc2ccc3c(c2)CN(C)CC3(C)C)cc1C(=O)CC. The number of nitrogens with zero attached hydrogens (tertiary/aromatic N) is 1. The molecule has 1 aliphatic heterocycles. The molecule has 0 aliphatic carbocycles. The number of hydrogen-bond acceptors (Lipinski definition) is 4. The Balaban J connectivity index is 1.85. The Bertz CT molecular complexity index is 934. The summed E-state index contributed by atoms with van der Waals surface area (Å²) in [6.45, 7) is 10.5. The Hall–Kier alpha value is -2.66. The first-order valence-electron chi connectivity index (χ1n) is 10.2. The summed E-state index contributed by atoms with van der Waals surface area (Å²) in [5, 5.41) is 2.98. The van der Waals surface area contributed by atoms with Crippen molar-refractivity contribution in [1.82, 2.24) is 4.90 Å².